The van der Waals surface area contributed by atoms with Crippen molar-refractivity contribution in [3.05, 3.63) is 59.7 Å². The fourth-order valence-electron chi connectivity index (χ4n) is 3.73. The normalized spacial score (nSPS) is 13.4. The largest absolute Gasteiger partial charge is 0.384 e. The number of hydrogen-bond donors (Lipinski definition) is 2. The van der Waals surface area contributed by atoms with Crippen LogP contribution in [0.4, 0.5) is 5.82 Å². The summed E-state index contributed by atoms with van der Waals surface area (Å²) in [6.07, 6.45) is 1.90. The summed E-state index contributed by atoms with van der Waals surface area (Å²) >= 11 is 0. The molecule has 2 atom stereocenters. The van der Waals surface area contributed by atoms with Gasteiger partial charge in [-0.15, -0.1) is 0 Å². The molecule has 0 saturated carbocycles. The lowest BCUT2D eigenvalue weighted by molar-refractivity contribution is 0.0941. The molecule has 0 fully saturated rings. The molecule has 2 aromatic carbocycles. The minimum Gasteiger partial charge on any atom is -0.384 e. The van der Waals surface area contributed by atoms with Crippen LogP contribution in [0.2, 0.25) is 0 Å². The van der Waals surface area contributed by atoms with Gasteiger partial charge in [0.05, 0.1) is 11.0 Å². The smallest absolute Gasteiger partial charge is 0.257 e. The van der Waals surface area contributed by atoms with Crippen molar-refractivity contribution in [2.24, 2.45) is 0 Å². The van der Waals surface area contributed by atoms with E-state index >= 15 is 0 Å². The van der Waals surface area contributed by atoms with E-state index in [1.807, 2.05) is 54.8 Å². The number of nitrogens with two attached hydrogens (primary N) is 1. The van der Waals surface area contributed by atoms with Crippen molar-refractivity contribution in [1.82, 2.24) is 19.9 Å². The Kier molecular flexibility index (Phi) is 5.63. The molecule has 0 aliphatic carbocycles. The van der Waals surface area contributed by atoms with Gasteiger partial charge in [-0.25, -0.2) is 9.97 Å². The van der Waals surface area contributed by atoms with Gasteiger partial charge in [0.2, 0.25) is 0 Å². The molecule has 160 valence electrons. The number of rotatable bonds is 6. The quantitative estimate of drug-likeness (QED) is 0.453. The molecule has 31 heavy (non-hydrogen) atoms. The van der Waals surface area contributed by atoms with Gasteiger partial charge in [-0.3, -0.25) is 9.36 Å². The molecule has 0 radical (unpaired) electrons. The predicted molar refractivity (Wildman–Crippen MR) is 127 cm³/mol. The lowest BCUT2D eigenvalue weighted by Crippen LogP contribution is -2.32. The number of aromatic nitrogens is 3. The van der Waals surface area contributed by atoms with Gasteiger partial charge in [-0.05, 0) is 55.5 Å². The molecule has 4 rings (SSSR count). The maximum Gasteiger partial charge on any atom is 0.257 e. The molecule has 6 heteroatoms. The van der Waals surface area contributed by atoms with Gasteiger partial charge in [0, 0.05) is 11.7 Å². The molecule has 0 spiro atoms. The number of nitrogens with zero attached hydrogens (tertiary/aromatic N) is 3. The molecule has 0 aliphatic heterocycles. The van der Waals surface area contributed by atoms with Crippen LogP contribution in [0.25, 0.3) is 27.9 Å². The van der Waals surface area contributed by atoms with Gasteiger partial charge in [0.25, 0.3) is 5.91 Å². The Morgan fingerprint density at radius 2 is 1.65 bits per heavy atom. The van der Waals surface area contributed by atoms with E-state index in [2.05, 4.69) is 31.3 Å². The van der Waals surface area contributed by atoms with E-state index in [9.17, 15) is 4.79 Å². The molecule has 4 aromatic rings. The summed E-state index contributed by atoms with van der Waals surface area (Å²) in [5.41, 5.74) is 11.7. The van der Waals surface area contributed by atoms with Crippen LogP contribution in [0, 0.1) is 0 Å². The number of hydrogen-bond acceptors (Lipinski definition) is 4. The minimum absolute atomic E-state index is 0.0357. The Balaban J connectivity index is 1.95. The van der Waals surface area contributed by atoms with E-state index in [1.165, 1.54) is 5.56 Å². The van der Waals surface area contributed by atoms with Crippen molar-refractivity contribution in [2.75, 3.05) is 5.73 Å². The molecule has 0 bridgehead atoms. The van der Waals surface area contributed by atoms with Crippen LogP contribution >= 0.6 is 0 Å². The van der Waals surface area contributed by atoms with Crippen LogP contribution in [0.1, 0.15) is 62.4 Å². The fourth-order valence-corrected chi connectivity index (χ4v) is 3.73. The summed E-state index contributed by atoms with van der Waals surface area (Å²) in [7, 11) is 0. The Bertz CT molecular complexity index is 1240. The highest BCUT2D eigenvalue weighted by Gasteiger charge is 2.25. The molecule has 3 N–H and O–H groups in total. The molecule has 0 saturated heterocycles. The third-order valence-electron chi connectivity index (χ3n) is 6.05. The molecule has 0 aliphatic rings. The van der Waals surface area contributed by atoms with Crippen molar-refractivity contribution in [3.63, 3.8) is 0 Å². The summed E-state index contributed by atoms with van der Waals surface area (Å²) in [5.74, 6) is 0.604. The zero-order valence-corrected chi connectivity index (χ0v) is 18.5. The summed E-state index contributed by atoms with van der Waals surface area (Å²) in [6.45, 7) is 8.40. The number of benzene rings is 2. The second-order valence-electron chi connectivity index (χ2n) is 8.16. The molecular weight excluding hydrogens is 386 g/mol. The first kappa shape index (κ1) is 20.8. The SMILES string of the molecule is CC[C@@H](C)NC(=O)c1c(N)n(-c2ccc([C@@H](C)CC)cc2)c2nc3ccccc3nc12. The highest BCUT2D eigenvalue weighted by molar-refractivity contribution is 6.11. The molecule has 0 unspecified atom stereocenters. The predicted octanol–water partition coefficient (Wildman–Crippen LogP) is 5.20. The average molecular weight is 416 g/mol. The van der Waals surface area contributed by atoms with Gasteiger partial charge in [0.1, 0.15) is 16.9 Å². The number of carbonyl (C=O) groups excluding carboxylic acids is 1. The van der Waals surface area contributed by atoms with Gasteiger partial charge >= 0.3 is 0 Å². The zero-order chi connectivity index (χ0) is 22.1. The number of nitrogen functional groups attached to an aromatic ring is 1. The highest BCUT2D eigenvalue weighted by Crippen LogP contribution is 2.31. The maximum atomic E-state index is 13.1. The maximum absolute atomic E-state index is 13.1. The second-order valence-corrected chi connectivity index (χ2v) is 8.16. The van der Waals surface area contributed by atoms with Crippen LogP contribution in [-0.4, -0.2) is 26.5 Å². The van der Waals surface area contributed by atoms with E-state index in [0.29, 0.717) is 28.5 Å². The monoisotopic (exact) mass is 415 g/mol. The Morgan fingerprint density at radius 1 is 1.00 bits per heavy atom. The third-order valence-corrected chi connectivity index (χ3v) is 6.05. The van der Waals surface area contributed by atoms with E-state index in [0.717, 1.165) is 29.6 Å². The Morgan fingerprint density at radius 3 is 2.26 bits per heavy atom. The summed E-state index contributed by atoms with van der Waals surface area (Å²) in [6, 6.07) is 16.0. The number of anilines is 1. The van der Waals surface area contributed by atoms with Crippen molar-refractivity contribution >= 4 is 33.9 Å². The van der Waals surface area contributed by atoms with Gasteiger partial charge < -0.3 is 11.1 Å². The van der Waals surface area contributed by atoms with Crippen LogP contribution < -0.4 is 11.1 Å². The van der Waals surface area contributed by atoms with E-state index in [4.69, 9.17) is 15.7 Å². The van der Waals surface area contributed by atoms with Crippen molar-refractivity contribution < 1.29 is 4.79 Å². The lowest BCUT2D eigenvalue weighted by atomic mass is 9.99. The summed E-state index contributed by atoms with van der Waals surface area (Å²) in [4.78, 5) is 22.7. The number of nitrogens with one attached hydrogen (secondary N) is 1. The fraction of sp³-hybridized carbons (Fsp3) is 0.320. The van der Waals surface area contributed by atoms with E-state index in [1.54, 1.807) is 0 Å². The Labute approximate surface area is 182 Å². The Hall–Kier alpha value is -3.41. The lowest BCUT2D eigenvalue weighted by Gasteiger charge is -2.13. The first-order chi connectivity index (χ1) is 14.9. The van der Waals surface area contributed by atoms with Crippen LogP contribution in [0.3, 0.4) is 0 Å². The standard InChI is InChI=1S/C25H29N5O/c1-5-15(3)17-11-13-18(14-12-17)30-23(26)21(25(31)27-16(4)6-2)22-24(30)29-20-10-8-7-9-19(20)28-22/h7-16H,5-6,26H2,1-4H3,(H,27,31)/t15-,16+/m0/s1. The molecule has 1 amide bonds. The van der Waals surface area contributed by atoms with Gasteiger partial charge in [0.15, 0.2) is 5.65 Å². The van der Waals surface area contributed by atoms with E-state index < -0.39 is 0 Å². The van der Waals surface area contributed by atoms with Gasteiger partial charge in [-0.1, -0.05) is 45.0 Å². The van der Waals surface area contributed by atoms with E-state index in [-0.39, 0.29) is 11.9 Å². The number of carbonyl (C=O) groups is 1. The number of fused-ring (bicyclic) bond motifs is 2. The first-order valence-electron chi connectivity index (χ1n) is 10.9. The van der Waals surface area contributed by atoms with Crippen molar-refractivity contribution in [3.8, 4) is 5.69 Å². The number of para-hydroxylation sites is 2. The van der Waals surface area contributed by atoms with Crippen molar-refractivity contribution in [1.29, 1.82) is 0 Å². The van der Waals surface area contributed by atoms with Crippen molar-refractivity contribution in [2.45, 2.75) is 52.5 Å². The molecule has 6 nitrogen and oxygen atoms in total. The second kappa shape index (κ2) is 8.38. The molecular formula is C25H29N5O. The van der Waals surface area contributed by atoms with Gasteiger partial charge in [-0.2, -0.15) is 0 Å². The third kappa shape index (κ3) is 3.74. The topological polar surface area (TPSA) is 85.8 Å². The highest BCUT2D eigenvalue weighted by atomic mass is 16.1. The van der Waals surface area contributed by atoms with Crippen LogP contribution in [0.5, 0.6) is 0 Å². The average Bonchev–Trinajstić information content (AvgIpc) is 3.07. The van der Waals surface area contributed by atoms with Crippen LogP contribution in [0.15, 0.2) is 48.5 Å². The molecule has 2 aromatic heterocycles. The summed E-state index contributed by atoms with van der Waals surface area (Å²) < 4.78 is 1.83. The minimum atomic E-state index is -0.226. The molecule has 2 heterocycles. The zero-order valence-electron chi connectivity index (χ0n) is 18.5. The van der Waals surface area contributed by atoms with Crippen LogP contribution in [-0.2, 0) is 0 Å². The number of amides is 1. The summed E-state index contributed by atoms with van der Waals surface area (Å²) in [5, 5.41) is 3.02. The first-order valence-corrected chi connectivity index (χ1v) is 10.9.